The van der Waals surface area contributed by atoms with Gasteiger partial charge in [0.2, 0.25) is 0 Å². The molecule has 3 rings (SSSR count). The Labute approximate surface area is 127 Å². The number of nitrogens with two attached hydrogens (primary N) is 1. The third-order valence-electron chi connectivity index (χ3n) is 4.80. The zero-order valence-electron chi connectivity index (χ0n) is 13.2. The molecule has 0 saturated carbocycles. The van der Waals surface area contributed by atoms with Gasteiger partial charge in [0.15, 0.2) is 0 Å². The SMILES string of the molecule is CCc1cc(CC)n(C2CC(C)c3ccccc3C2N)n1. The van der Waals surface area contributed by atoms with Gasteiger partial charge in [-0.15, -0.1) is 0 Å². The van der Waals surface area contributed by atoms with Gasteiger partial charge in [0.05, 0.1) is 17.8 Å². The van der Waals surface area contributed by atoms with E-state index < -0.39 is 0 Å². The van der Waals surface area contributed by atoms with Crippen molar-refractivity contribution >= 4 is 0 Å². The van der Waals surface area contributed by atoms with Crippen molar-refractivity contribution in [3.63, 3.8) is 0 Å². The van der Waals surface area contributed by atoms with E-state index in [9.17, 15) is 0 Å². The number of aryl methyl sites for hydroxylation is 2. The molecule has 2 N–H and O–H groups in total. The van der Waals surface area contributed by atoms with Crippen molar-refractivity contribution in [2.24, 2.45) is 5.73 Å². The molecule has 21 heavy (non-hydrogen) atoms. The molecule has 1 aromatic heterocycles. The number of benzene rings is 1. The first-order chi connectivity index (χ1) is 10.2. The summed E-state index contributed by atoms with van der Waals surface area (Å²) in [5, 5.41) is 4.82. The summed E-state index contributed by atoms with van der Waals surface area (Å²) in [7, 11) is 0. The highest BCUT2D eigenvalue weighted by molar-refractivity contribution is 5.36. The number of hydrogen-bond acceptors (Lipinski definition) is 2. The van der Waals surface area contributed by atoms with Crippen molar-refractivity contribution in [2.45, 2.75) is 58.0 Å². The lowest BCUT2D eigenvalue weighted by Gasteiger charge is -2.35. The second kappa shape index (κ2) is 5.64. The van der Waals surface area contributed by atoms with E-state index in [1.807, 2.05) is 0 Å². The Morgan fingerprint density at radius 2 is 1.90 bits per heavy atom. The monoisotopic (exact) mass is 283 g/mol. The number of fused-ring (bicyclic) bond motifs is 1. The summed E-state index contributed by atoms with van der Waals surface area (Å²) in [4.78, 5) is 0. The molecule has 3 nitrogen and oxygen atoms in total. The zero-order chi connectivity index (χ0) is 15.0. The predicted molar refractivity (Wildman–Crippen MR) is 86.4 cm³/mol. The molecule has 0 aliphatic heterocycles. The maximum Gasteiger partial charge on any atom is 0.0720 e. The Morgan fingerprint density at radius 1 is 1.19 bits per heavy atom. The van der Waals surface area contributed by atoms with Gasteiger partial charge in [0.1, 0.15) is 0 Å². The molecule has 1 heterocycles. The molecule has 3 unspecified atom stereocenters. The lowest BCUT2D eigenvalue weighted by Crippen LogP contribution is -2.32. The minimum atomic E-state index is 0.0345. The minimum Gasteiger partial charge on any atom is -0.322 e. The number of rotatable bonds is 3. The molecular formula is C18H25N3. The molecular weight excluding hydrogens is 258 g/mol. The van der Waals surface area contributed by atoms with Gasteiger partial charge in [-0.1, -0.05) is 45.0 Å². The first-order valence-corrected chi connectivity index (χ1v) is 8.07. The van der Waals surface area contributed by atoms with Gasteiger partial charge in [0.25, 0.3) is 0 Å². The predicted octanol–water partition coefficient (Wildman–Crippen LogP) is 3.76. The third kappa shape index (κ3) is 2.40. The molecule has 0 saturated heterocycles. The van der Waals surface area contributed by atoms with Gasteiger partial charge in [-0.05, 0) is 42.4 Å². The summed E-state index contributed by atoms with van der Waals surface area (Å²) in [5.74, 6) is 0.532. The topological polar surface area (TPSA) is 43.8 Å². The van der Waals surface area contributed by atoms with Crippen LogP contribution in [0.2, 0.25) is 0 Å². The first-order valence-electron chi connectivity index (χ1n) is 8.07. The van der Waals surface area contributed by atoms with Crippen molar-refractivity contribution in [2.75, 3.05) is 0 Å². The highest BCUT2D eigenvalue weighted by Crippen LogP contribution is 2.42. The Morgan fingerprint density at radius 3 is 2.57 bits per heavy atom. The van der Waals surface area contributed by atoms with Crippen molar-refractivity contribution < 1.29 is 0 Å². The fourth-order valence-electron chi connectivity index (χ4n) is 3.57. The van der Waals surface area contributed by atoms with Gasteiger partial charge in [-0.3, -0.25) is 4.68 Å². The van der Waals surface area contributed by atoms with Crippen molar-refractivity contribution in [3.8, 4) is 0 Å². The normalized spacial score (nSPS) is 24.9. The molecule has 1 aromatic carbocycles. The van der Waals surface area contributed by atoms with Crippen molar-refractivity contribution in [1.82, 2.24) is 9.78 Å². The molecule has 2 aromatic rings. The summed E-state index contributed by atoms with van der Waals surface area (Å²) in [5.41, 5.74) is 11.8. The van der Waals surface area contributed by atoms with Crippen LogP contribution >= 0.6 is 0 Å². The second-order valence-corrected chi connectivity index (χ2v) is 6.14. The standard InChI is InChI=1S/C18H25N3/c1-4-13-11-14(5-2)21(20-13)17-10-12(3)15-8-6-7-9-16(15)18(17)19/h6-9,11-12,17-18H,4-5,10,19H2,1-3H3. The average molecular weight is 283 g/mol. The van der Waals surface area contributed by atoms with Crippen LogP contribution in [0.1, 0.15) is 67.7 Å². The van der Waals surface area contributed by atoms with Gasteiger partial charge in [-0.25, -0.2) is 0 Å². The molecule has 0 bridgehead atoms. The first kappa shape index (κ1) is 14.3. The van der Waals surface area contributed by atoms with Gasteiger partial charge < -0.3 is 5.73 Å². The Bertz CT molecular complexity index is 629. The van der Waals surface area contributed by atoms with Gasteiger partial charge in [0, 0.05) is 5.69 Å². The van der Waals surface area contributed by atoms with Crippen LogP contribution in [-0.2, 0) is 12.8 Å². The highest BCUT2D eigenvalue weighted by Gasteiger charge is 2.33. The Hall–Kier alpha value is -1.61. The molecule has 1 aliphatic carbocycles. The fourth-order valence-corrected chi connectivity index (χ4v) is 3.57. The van der Waals surface area contributed by atoms with Crippen LogP contribution in [0.5, 0.6) is 0 Å². The molecule has 0 spiro atoms. The van der Waals surface area contributed by atoms with E-state index in [0.29, 0.717) is 5.92 Å². The Balaban J connectivity index is 2.03. The largest absolute Gasteiger partial charge is 0.322 e. The zero-order valence-corrected chi connectivity index (χ0v) is 13.2. The smallest absolute Gasteiger partial charge is 0.0720 e. The Kier molecular flexibility index (Phi) is 3.85. The summed E-state index contributed by atoms with van der Waals surface area (Å²) in [6.45, 7) is 6.65. The van der Waals surface area contributed by atoms with Crippen LogP contribution in [0.25, 0.3) is 0 Å². The molecule has 1 aliphatic rings. The lowest BCUT2D eigenvalue weighted by atomic mass is 9.78. The summed E-state index contributed by atoms with van der Waals surface area (Å²) < 4.78 is 2.20. The molecule has 3 heteroatoms. The van der Waals surface area contributed by atoms with E-state index >= 15 is 0 Å². The van der Waals surface area contributed by atoms with E-state index in [4.69, 9.17) is 10.8 Å². The number of nitrogens with zero attached hydrogens (tertiary/aromatic N) is 2. The number of aromatic nitrogens is 2. The van der Waals surface area contributed by atoms with Gasteiger partial charge in [-0.2, -0.15) is 5.10 Å². The van der Waals surface area contributed by atoms with E-state index in [1.165, 1.54) is 22.5 Å². The second-order valence-electron chi connectivity index (χ2n) is 6.14. The van der Waals surface area contributed by atoms with Crippen LogP contribution in [0, 0.1) is 0 Å². The van der Waals surface area contributed by atoms with Crippen LogP contribution in [-0.4, -0.2) is 9.78 Å². The summed E-state index contributed by atoms with van der Waals surface area (Å²) in [6.07, 6.45) is 3.05. The van der Waals surface area contributed by atoms with Crippen molar-refractivity contribution in [3.05, 3.63) is 52.8 Å². The van der Waals surface area contributed by atoms with Crippen LogP contribution in [0.4, 0.5) is 0 Å². The maximum absolute atomic E-state index is 6.60. The van der Waals surface area contributed by atoms with E-state index in [-0.39, 0.29) is 12.1 Å². The molecule has 0 amide bonds. The molecule has 112 valence electrons. The maximum atomic E-state index is 6.60. The van der Waals surface area contributed by atoms with Crippen LogP contribution in [0.3, 0.4) is 0 Å². The summed E-state index contributed by atoms with van der Waals surface area (Å²) >= 11 is 0. The van der Waals surface area contributed by atoms with Crippen molar-refractivity contribution in [1.29, 1.82) is 0 Å². The fraction of sp³-hybridized carbons (Fsp3) is 0.500. The molecule has 3 atom stereocenters. The quantitative estimate of drug-likeness (QED) is 0.932. The summed E-state index contributed by atoms with van der Waals surface area (Å²) in [6, 6.07) is 11.1. The third-order valence-corrected chi connectivity index (χ3v) is 4.80. The van der Waals surface area contributed by atoms with Gasteiger partial charge >= 0.3 is 0 Å². The lowest BCUT2D eigenvalue weighted by molar-refractivity contribution is 0.311. The highest BCUT2D eigenvalue weighted by atomic mass is 15.3. The molecule has 0 fully saturated rings. The van der Waals surface area contributed by atoms with E-state index in [1.54, 1.807) is 0 Å². The van der Waals surface area contributed by atoms with Crippen LogP contribution in [0.15, 0.2) is 30.3 Å². The average Bonchev–Trinajstić information content (AvgIpc) is 2.94. The van der Waals surface area contributed by atoms with E-state index in [2.05, 4.69) is 55.8 Å². The van der Waals surface area contributed by atoms with E-state index in [0.717, 1.165) is 19.3 Å². The van der Waals surface area contributed by atoms with Crippen LogP contribution < -0.4 is 5.73 Å². The minimum absolute atomic E-state index is 0.0345. The number of hydrogen-bond donors (Lipinski definition) is 1. The molecule has 0 radical (unpaired) electrons.